The Balaban J connectivity index is 1.53. The summed E-state index contributed by atoms with van der Waals surface area (Å²) in [6.45, 7) is 5.55. The van der Waals surface area contributed by atoms with Crippen LogP contribution in [-0.4, -0.2) is 66.3 Å². The van der Waals surface area contributed by atoms with E-state index in [4.69, 9.17) is 15.2 Å². The molecule has 1 unspecified atom stereocenters. The summed E-state index contributed by atoms with van der Waals surface area (Å²) in [5, 5.41) is 5.29. The first-order chi connectivity index (χ1) is 15.9. The number of nitrogens with one attached hydrogen (secondary N) is 1. The van der Waals surface area contributed by atoms with Gasteiger partial charge in [-0.3, -0.25) is 0 Å². The number of carbonyl (C=O) groups is 2. The topological polar surface area (TPSA) is 123 Å². The van der Waals surface area contributed by atoms with Gasteiger partial charge < -0.3 is 30.3 Å². The molecule has 10 nitrogen and oxygen atoms in total. The Labute approximate surface area is 195 Å². The predicted molar refractivity (Wildman–Crippen MR) is 128 cm³/mol. The van der Waals surface area contributed by atoms with Crippen molar-refractivity contribution in [2.24, 2.45) is 0 Å². The molecular formula is C22H26N6O4S. The molecule has 1 saturated heterocycles. The number of hydrogen-bond acceptors (Lipinski definition) is 9. The van der Waals surface area contributed by atoms with Gasteiger partial charge in [0.1, 0.15) is 16.4 Å². The number of ether oxygens (including phenoxy) is 2. The number of piperazine rings is 1. The number of urea groups is 1. The SMILES string of the molecule is CCOC(=O)c1csc2nc(N)nc(N3CCN(C(=O)Nc4ccc(OC)cc4)C(C)C3)c12. The second-order valence-corrected chi connectivity index (χ2v) is 8.46. The van der Waals surface area contributed by atoms with E-state index in [1.807, 2.05) is 11.8 Å². The number of methoxy groups -OCH3 is 1. The Kier molecular flexibility index (Phi) is 6.50. The molecule has 1 aliphatic heterocycles. The maximum absolute atomic E-state index is 12.9. The highest BCUT2D eigenvalue weighted by molar-refractivity contribution is 7.17. The van der Waals surface area contributed by atoms with Crippen molar-refractivity contribution in [3.8, 4) is 5.75 Å². The summed E-state index contributed by atoms with van der Waals surface area (Å²) in [7, 11) is 1.60. The Morgan fingerprint density at radius 2 is 2.00 bits per heavy atom. The summed E-state index contributed by atoms with van der Waals surface area (Å²) in [5.74, 6) is 1.04. The smallest absolute Gasteiger partial charge is 0.339 e. The van der Waals surface area contributed by atoms with Crippen molar-refractivity contribution in [3.63, 3.8) is 0 Å². The highest BCUT2D eigenvalue weighted by atomic mass is 32.1. The van der Waals surface area contributed by atoms with Gasteiger partial charge in [-0.1, -0.05) is 0 Å². The van der Waals surface area contributed by atoms with Crippen molar-refractivity contribution in [1.82, 2.24) is 14.9 Å². The zero-order valence-electron chi connectivity index (χ0n) is 18.7. The highest BCUT2D eigenvalue weighted by Gasteiger charge is 2.31. The van der Waals surface area contributed by atoms with Crippen molar-refractivity contribution >= 4 is 51.0 Å². The number of nitrogens with zero attached hydrogens (tertiary/aromatic N) is 4. The van der Waals surface area contributed by atoms with Crippen LogP contribution in [0.3, 0.4) is 0 Å². The van der Waals surface area contributed by atoms with E-state index in [0.29, 0.717) is 46.9 Å². The predicted octanol–water partition coefficient (Wildman–Crippen LogP) is 3.20. The summed E-state index contributed by atoms with van der Waals surface area (Å²) >= 11 is 1.33. The van der Waals surface area contributed by atoms with Crippen LogP contribution in [0.25, 0.3) is 10.2 Å². The van der Waals surface area contributed by atoms with Gasteiger partial charge in [0.05, 0.1) is 24.7 Å². The van der Waals surface area contributed by atoms with Crippen LogP contribution in [0.4, 0.5) is 22.2 Å². The van der Waals surface area contributed by atoms with Crippen LogP contribution in [0.2, 0.25) is 0 Å². The third kappa shape index (κ3) is 4.63. The molecule has 0 radical (unpaired) electrons. The fourth-order valence-corrected chi connectivity index (χ4v) is 4.76. The van der Waals surface area contributed by atoms with Gasteiger partial charge >= 0.3 is 12.0 Å². The summed E-state index contributed by atoms with van der Waals surface area (Å²) in [5.41, 5.74) is 7.07. The number of amides is 2. The van der Waals surface area contributed by atoms with Crippen LogP contribution in [-0.2, 0) is 4.74 Å². The maximum atomic E-state index is 12.9. The molecule has 3 N–H and O–H groups in total. The lowest BCUT2D eigenvalue weighted by atomic mass is 10.1. The lowest BCUT2D eigenvalue weighted by molar-refractivity contribution is 0.0529. The Morgan fingerprint density at radius 3 is 2.67 bits per heavy atom. The molecule has 0 bridgehead atoms. The van der Waals surface area contributed by atoms with E-state index in [1.165, 1.54) is 11.3 Å². The molecule has 2 amide bonds. The molecule has 3 heterocycles. The van der Waals surface area contributed by atoms with Crippen LogP contribution in [0.15, 0.2) is 29.6 Å². The first-order valence-corrected chi connectivity index (χ1v) is 11.5. The lowest BCUT2D eigenvalue weighted by Gasteiger charge is -2.40. The molecule has 0 aliphatic carbocycles. The molecular weight excluding hydrogens is 444 g/mol. The van der Waals surface area contributed by atoms with Crippen molar-refractivity contribution in [2.75, 3.05) is 49.3 Å². The van der Waals surface area contributed by atoms with E-state index >= 15 is 0 Å². The van der Waals surface area contributed by atoms with Crippen molar-refractivity contribution in [2.45, 2.75) is 19.9 Å². The van der Waals surface area contributed by atoms with Crippen molar-refractivity contribution in [3.05, 3.63) is 35.2 Å². The zero-order chi connectivity index (χ0) is 23.5. The third-order valence-electron chi connectivity index (χ3n) is 5.46. The van der Waals surface area contributed by atoms with Crippen LogP contribution in [0, 0.1) is 0 Å². The number of rotatable bonds is 5. The molecule has 174 valence electrons. The fraction of sp³-hybridized carbons (Fsp3) is 0.364. The number of nitrogen functional groups attached to an aromatic ring is 1. The number of aromatic nitrogens is 2. The van der Waals surface area contributed by atoms with E-state index in [-0.39, 0.29) is 24.6 Å². The number of thiophene rings is 1. The average molecular weight is 471 g/mol. The van der Waals surface area contributed by atoms with Crippen molar-refractivity contribution < 1.29 is 19.1 Å². The number of carbonyl (C=O) groups excluding carboxylic acids is 2. The van der Waals surface area contributed by atoms with Gasteiger partial charge in [0.25, 0.3) is 0 Å². The van der Waals surface area contributed by atoms with Gasteiger partial charge in [-0.25, -0.2) is 14.6 Å². The van der Waals surface area contributed by atoms with Crippen LogP contribution in [0.1, 0.15) is 24.2 Å². The lowest BCUT2D eigenvalue weighted by Crippen LogP contribution is -2.55. The normalized spacial score (nSPS) is 16.0. The number of esters is 1. The Hall–Kier alpha value is -3.60. The van der Waals surface area contributed by atoms with Crippen LogP contribution in [0.5, 0.6) is 5.75 Å². The molecule has 0 spiro atoms. The van der Waals surface area contributed by atoms with Gasteiger partial charge in [0.15, 0.2) is 0 Å². The zero-order valence-corrected chi connectivity index (χ0v) is 19.5. The standard InChI is InChI=1S/C22H26N6O4S/c1-4-32-20(29)16-12-33-19-17(16)18(25-21(23)26-19)27-9-10-28(13(2)11-27)22(30)24-14-5-7-15(31-3)8-6-14/h5-8,12-13H,4,9-11H2,1-3H3,(H,24,30)(H2,23,25,26). The molecule has 0 saturated carbocycles. The van der Waals surface area contributed by atoms with E-state index in [0.717, 1.165) is 5.75 Å². The minimum atomic E-state index is -0.413. The summed E-state index contributed by atoms with van der Waals surface area (Å²) in [6, 6.07) is 6.90. The van der Waals surface area contributed by atoms with E-state index in [1.54, 1.807) is 48.6 Å². The molecule has 1 aliphatic rings. The van der Waals surface area contributed by atoms with E-state index < -0.39 is 5.97 Å². The van der Waals surface area contributed by atoms with Crippen LogP contribution < -0.4 is 20.7 Å². The minimum Gasteiger partial charge on any atom is -0.497 e. The summed E-state index contributed by atoms with van der Waals surface area (Å²) < 4.78 is 10.4. The number of fused-ring (bicyclic) bond motifs is 1. The molecule has 2 aromatic heterocycles. The summed E-state index contributed by atoms with van der Waals surface area (Å²) in [6.07, 6.45) is 0. The van der Waals surface area contributed by atoms with E-state index in [9.17, 15) is 9.59 Å². The largest absolute Gasteiger partial charge is 0.497 e. The molecule has 33 heavy (non-hydrogen) atoms. The maximum Gasteiger partial charge on any atom is 0.339 e. The third-order valence-corrected chi connectivity index (χ3v) is 6.33. The van der Waals surface area contributed by atoms with Gasteiger partial charge in [-0.15, -0.1) is 11.3 Å². The number of anilines is 3. The van der Waals surface area contributed by atoms with Crippen molar-refractivity contribution in [1.29, 1.82) is 0 Å². The fourth-order valence-electron chi connectivity index (χ4n) is 3.85. The molecule has 4 rings (SSSR count). The summed E-state index contributed by atoms with van der Waals surface area (Å²) in [4.78, 5) is 38.5. The Bertz CT molecular complexity index is 1170. The van der Waals surface area contributed by atoms with Crippen LogP contribution >= 0.6 is 11.3 Å². The molecule has 1 aromatic carbocycles. The van der Waals surface area contributed by atoms with Gasteiger partial charge in [-0.05, 0) is 38.1 Å². The van der Waals surface area contributed by atoms with Gasteiger partial charge in [0, 0.05) is 36.7 Å². The molecule has 1 atom stereocenters. The molecule has 3 aromatic rings. The van der Waals surface area contributed by atoms with Gasteiger partial charge in [0.2, 0.25) is 5.95 Å². The first-order valence-electron chi connectivity index (χ1n) is 10.6. The number of hydrogen-bond donors (Lipinski definition) is 2. The first kappa shape index (κ1) is 22.6. The highest BCUT2D eigenvalue weighted by Crippen LogP contribution is 2.34. The monoisotopic (exact) mass is 470 g/mol. The molecule has 11 heteroatoms. The minimum absolute atomic E-state index is 0.104. The number of benzene rings is 1. The van der Waals surface area contributed by atoms with E-state index in [2.05, 4.69) is 15.3 Å². The second-order valence-electron chi connectivity index (χ2n) is 7.60. The quantitative estimate of drug-likeness (QED) is 0.545. The number of nitrogens with two attached hydrogens (primary N) is 1. The second kappa shape index (κ2) is 9.49. The Morgan fingerprint density at radius 1 is 1.24 bits per heavy atom. The average Bonchev–Trinajstić information content (AvgIpc) is 3.23. The van der Waals surface area contributed by atoms with Gasteiger partial charge in [-0.2, -0.15) is 4.98 Å². The molecule has 1 fully saturated rings.